The molecule has 0 saturated carbocycles. The second kappa shape index (κ2) is 4.78. The Morgan fingerprint density at radius 1 is 1.32 bits per heavy atom. The molecule has 1 heterocycles. The van der Waals surface area contributed by atoms with E-state index in [1.807, 2.05) is 0 Å². The summed E-state index contributed by atoms with van der Waals surface area (Å²) in [5.74, 6) is -0.561. The average molecular weight is 300 g/mol. The van der Waals surface area contributed by atoms with Crippen LogP contribution in [-0.2, 0) is 10.0 Å². The SMILES string of the molecule is O=S(=O)(N1CCNC2=CCCC(F)=C2C1)C(F)(F)F. The fraction of sp³-hybridized carbons (Fsp3) is 0.600. The molecule has 1 saturated heterocycles. The summed E-state index contributed by atoms with van der Waals surface area (Å²) in [4.78, 5) is 0. The first-order valence-corrected chi connectivity index (χ1v) is 7.06. The fourth-order valence-corrected chi connectivity index (χ4v) is 2.96. The molecule has 19 heavy (non-hydrogen) atoms. The largest absolute Gasteiger partial charge is 0.511 e. The first-order valence-electron chi connectivity index (χ1n) is 5.62. The van der Waals surface area contributed by atoms with Crippen LogP contribution in [0.3, 0.4) is 0 Å². The number of fused-ring (bicyclic) bond motifs is 1. The maximum absolute atomic E-state index is 13.7. The molecule has 0 atom stereocenters. The second-order valence-corrected chi connectivity index (χ2v) is 6.18. The smallest absolute Gasteiger partial charge is 0.384 e. The molecular weight excluding hydrogens is 288 g/mol. The van der Waals surface area contributed by atoms with E-state index in [0.717, 1.165) is 0 Å². The molecule has 1 aliphatic carbocycles. The van der Waals surface area contributed by atoms with Crippen LogP contribution < -0.4 is 5.32 Å². The molecule has 0 aromatic rings. The first-order chi connectivity index (χ1) is 8.73. The number of hydrogen-bond acceptors (Lipinski definition) is 3. The van der Waals surface area contributed by atoms with Gasteiger partial charge in [0.1, 0.15) is 5.83 Å². The third kappa shape index (κ3) is 2.62. The highest BCUT2D eigenvalue weighted by atomic mass is 32.2. The summed E-state index contributed by atoms with van der Waals surface area (Å²) in [7, 11) is -5.43. The number of alkyl halides is 3. The Morgan fingerprint density at radius 3 is 2.63 bits per heavy atom. The van der Waals surface area contributed by atoms with E-state index < -0.39 is 27.9 Å². The van der Waals surface area contributed by atoms with E-state index in [0.29, 0.717) is 12.1 Å². The Hall–Kier alpha value is -1.09. The number of halogens is 4. The lowest BCUT2D eigenvalue weighted by Gasteiger charge is -2.22. The molecule has 0 unspecified atom stereocenters. The highest BCUT2D eigenvalue weighted by Gasteiger charge is 2.50. The van der Waals surface area contributed by atoms with E-state index in [1.165, 1.54) is 0 Å². The van der Waals surface area contributed by atoms with Crippen molar-refractivity contribution in [1.29, 1.82) is 0 Å². The molecule has 1 N–H and O–H groups in total. The molecule has 0 spiro atoms. The summed E-state index contributed by atoms with van der Waals surface area (Å²) in [5.41, 5.74) is -4.98. The van der Waals surface area contributed by atoms with Crippen molar-refractivity contribution in [2.24, 2.45) is 0 Å². The summed E-state index contributed by atoms with van der Waals surface area (Å²) in [6.07, 6.45) is 2.20. The van der Waals surface area contributed by atoms with Crippen molar-refractivity contribution in [3.8, 4) is 0 Å². The van der Waals surface area contributed by atoms with Gasteiger partial charge in [-0.1, -0.05) is 6.08 Å². The minimum atomic E-state index is -5.43. The molecule has 1 aliphatic heterocycles. The van der Waals surface area contributed by atoms with Crippen molar-refractivity contribution < 1.29 is 26.0 Å². The Balaban J connectivity index is 2.34. The number of hydrogen-bond donors (Lipinski definition) is 1. The van der Waals surface area contributed by atoms with Crippen LogP contribution in [0.5, 0.6) is 0 Å². The maximum Gasteiger partial charge on any atom is 0.511 e. The van der Waals surface area contributed by atoms with Gasteiger partial charge in [-0.15, -0.1) is 0 Å². The Labute approximate surface area is 107 Å². The van der Waals surface area contributed by atoms with Crippen LogP contribution >= 0.6 is 0 Å². The third-order valence-electron chi connectivity index (χ3n) is 3.01. The van der Waals surface area contributed by atoms with Gasteiger partial charge in [0.25, 0.3) is 0 Å². The van der Waals surface area contributed by atoms with E-state index >= 15 is 0 Å². The molecule has 0 aromatic carbocycles. The molecule has 4 nitrogen and oxygen atoms in total. The van der Waals surface area contributed by atoms with E-state index in [1.54, 1.807) is 6.08 Å². The maximum atomic E-state index is 13.7. The summed E-state index contributed by atoms with van der Waals surface area (Å²) < 4.78 is 74.1. The normalized spacial score (nSPS) is 22.4. The molecule has 0 aromatic heterocycles. The molecule has 0 amide bonds. The van der Waals surface area contributed by atoms with Crippen LogP contribution in [-0.4, -0.2) is 37.9 Å². The summed E-state index contributed by atoms with van der Waals surface area (Å²) in [5, 5.41) is 2.76. The van der Waals surface area contributed by atoms with Crippen LogP contribution in [0.4, 0.5) is 17.6 Å². The van der Waals surface area contributed by atoms with Gasteiger partial charge in [-0.2, -0.15) is 17.5 Å². The van der Waals surface area contributed by atoms with Crippen LogP contribution in [0, 0.1) is 0 Å². The van der Waals surface area contributed by atoms with Gasteiger partial charge in [-0.05, 0) is 6.42 Å². The zero-order chi connectivity index (χ0) is 14.3. The second-order valence-electron chi connectivity index (χ2n) is 4.25. The highest BCUT2D eigenvalue weighted by Crippen LogP contribution is 2.32. The van der Waals surface area contributed by atoms with Crippen molar-refractivity contribution >= 4 is 10.0 Å². The molecule has 1 fully saturated rings. The van der Waals surface area contributed by atoms with Crippen LogP contribution in [0.2, 0.25) is 0 Å². The van der Waals surface area contributed by atoms with E-state index in [2.05, 4.69) is 5.32 Å². The van der Waals surface area contributed by atoms with Gasteiger partial charge in [-0.3, -0.25) is 0 Å². The summed E-state index contributed by atoms with van der Waals surface area (Å²) in [6, 6.07) is 0. The van der Waals surface area contributed by atoms with Gasteiger partial charge in [0.2, 0.25) is 0 Å². The van der Waals surface area contributed by atoms with Crippen molar-refractivity contribution in [3.63, 3.8) is 0 Å². The lowest BCUT2D eigenvalue weighted by Crippen LogP contribution is -2.42. The van der Waals surface area contributed by atoms with Gasteiger partial charge >= 0.3 is 15.5 Å². The number of nitrogens with zero attached hydrogens (tertiary/aromatic N) is 1. The molecule has 2 rings (SSSR count). The molecule has 108 valence electrons. The predicted molar refractivity (Wildman–Crippen MR) is 60.0 cm³/mol. The van der Waals surface area contributed by atoms with Crippen LogP contribution in [0.15, 0.2) is 23.2 Å². The van der Waals surface area contributed by atoms with Crippen LogP contribution in [0.25, 0.3) is 0 Å². The minimum absolute atomic E-state index is 0.00317. The standard InChI is InChI=1S/C10H12F4N2O2S/c11-8-2-1-3-9-7(8)6-16(5-4-15-9)19(17,18)10(12,13)14/h3,15H,1-2,4-6H2. The quantitative estimate of drug-likeness (QED) is 0.749. The average Bonchev–Trinajstić information content (AvgIpc) is 2.51. The molecular formula is C10H12F4N2O2S. The molecule has 0 bridgehead atoms. The van der Waals surface area contributed by atoms with Crippen molar-refractivity contribution in [2.45, 2.75) is 18.3 Å². The number of allylic oxidation sites excluding steroid dienone is 2. The van der Waals surface area contributed by atoms with Gasteiger partial charge in [0.15, 0.2) is 0 Å². The number of rotatable bonds is 1. The number of nitrogens with one attached hydrogen (secondary N) is 1. The lowest BCUT2D eigenvalue weighted by atomic mass is 10.0. The molecule has 0 radical (unpaired) electrons. The third-order valence-corrected chi connectivity index (χ3v) is 4.58. The summed E-state index contributed by atoms with van der Waals surface area (Å²) >= 11 is 0. The van der Waals surface area contributed by atoms with Gasteiger partial charge < -0.3 is 5.32 Å². The van der Waals surface area contributed by atoms with Gasteiger partial charge in [-0.25, -0.2) is 12.8 Å². The van der Waals surface area contributed by atoms with Crippen molar-refractivity contribution in [2.75, 3.05) is 19.6 Å². The monoisotopic (exact) mass is 300 g/mol. The van der Waals surface area contributed by atoms with Gasteiger partial charge in [0, 0.05) is 37.3 Å². The Kier molecular flexibility index (Phi) is 3.61. The fourth-order valence-electron chi connectivity index (χ4n) is 2.04. The lowest BCUT2D eigenvalue weighted by molar-refractivity contribution is -0.0485. The van der Waals surface area contributed by atoms with Gasteiger partial charge in [0.05, 0.1) is 0 Å². The minimum Gasteiger partial charge on any atom is -0.384 e. The summed E-state index contributed by atoms with van der Waals surface area (Å²) in [6.45, 7) is -0.930. The Bertz CT molecular complexity index is 536. The zero-order valence-electron chi connectivity index (χ0n) is 9.80. The van der Waals surface area contributed by atoms with E-state index in [9.17, 15) is 26.0 Å². The highest BCUT2D eigenvalue weighted by molar-refractivity contribution is 7.90. The Morgan fingerprint density at radius 2 is 2.00 bits per heavy atom. The van der Waals surface area contributed by atoms with Crippen molar-refractivity contribution in [3.05, 3.63) is 23.2 Å². The molecule has 9 heteroatoms. The number of sulfonamides is 1. The van der Waals surface area contributed by atoms with E-state index in [-0.39, 0.29) is 29.4 Å². The van der Waals surface area contributed by atoms with Crippen molar-refractivity contribution in [1.82, 2.24) is 9.62 Å². The molecule has 2 aliphatic rings. The first kappa shape index (κ1) is 14.3. The zero-order valence-corrected chi connectivity index (χ0v) is 10.6. The topological polar surface area (TPSA) is 49.4 Å². The predicted octanol–water partition coefficient (Wildman–Crippen LogP) is 1.64. The van der Waals surface area contributed by atoms with E-state index in [4.69, 9.17) is 0 Å². The van der Waals surface area contributed by atoms with Crippen LogP contribution in [0.1, 0.15) is 12.8 Å².